The predicted octanol–water partition coefficient (Wildman–Crippen LogP) is 3.99. The van der Waals surface area contributed by atoms with E-state index in [1.165, 1.54) is 35.1 Å². The van der Waals surface area contributed by atoms with Crippen LogP contribution in [0, 0.1) is 5.82 Å². The van der Waals surface area contributed by atoms with Crippen molar-refractivity contribution in [1.82, 2.24) is 15.1 Å². The summed E-state index contributed by atoms with van der Waals surface area (Å²) in [6, 6.07) is 17.6. The fourth-order valence-electron chi connectivity index (χ4n) is 5.22. The first-order chi connectivity index (χ1) is 20.6. The van der Waals surface area contributed by atoms with Gasteiger partial charge < -0.3 is 26.0 Å². The van der Waals surface area contributed by atoms with Crippen molar-refractivity contribution >= 4 is 28.5 Å². The fourth-order valence-corrected chi connectivity index (χ4v) is 5.22. The molecule has 0 spiro atoms. The largest absolute Gasteiger partial charge is 0.392 e. The first kappa shape index (κ1) is 34.4. The minimum atomic E-state index is -0.982. The molecule has 8 nitrogen and oxygen atoms in total. The highest BCUT2D eigenvalue weighted by molar-refractivity contribution is 5.95. The molecule has 3 rings (SSSR count). The van der Waals surface area contributed by atoms with Gasteiger partial charge in [0.1, 0.15) is 17.9 Å². The van der Waals surface area contributed by atoms with E-state index in [0.717, 1.165) is 21.9 Å². The highest BCUT2D eigenvalue weighted by Gasteiger charge is 2.35. The minimum Gasteiger partial charge on any atom is -0.392 e. The number of aliphatic hydroxyl groups is 1. The Morgan fingerprint density at radius 3 is 2.14 bits per heavy atom. The maximum absolute atomic E-state index is 14.3. The Morgan fingerprint density at radius 2 is 1.52 bits per heavy atom. The molecule has 3 aromatic rings. The topological polar surface area (TPSA) is 116 Å². The number of hydrogen-bond donors (Lipinski definition) is 3. The third-order valence-corrected chi connectivity index (χ3v) is 7.48. The quantitative estimate of drug-likeness (QED) is 0.255. The number of rotatable bonds is 13. The highest BCUT2D eigenvalue weighted by atomic mass is 19.1. The summed E-state index contributed by atoms with van der Waals surface area (Å²) in [4.78, 5) is 43.9. The Hall–Kier alpha value is -4.08. The SMILES string of the molecule is C/C(=C\C(=O)N(C)[C@H](Cc1ccc2ccccc2c1)C(=O)N(C)[C@H](Cc1ccc(F)cc1)C(=O)NC[C@@H](C)O)CC(C)(C)N. The molecule has 0 fully saturated rings. The van der Waals surface area contributed by atoms with Gasteiger partial charge in [0.25, 0.3) is 0 Å². The number of carbonyl (C=O) groups excluding carboxylic acids is 3. The number of carbonyl (C=O) groups is 3. The summed E-state index contributed by atoms with van der Waals surface area (Å²) in [5, 5.41) is 14.5. The number of nitrogens with zero attached hydrogens (tertiary/aromatic N) is 2. The second-order valence-corrected chi connectivity index (χ2v) is 12.4. The molecule has 9 heteroatoms. The van der Waals surface area contributed by atoms with Crippen LogP contribution in [0.5, 0.6) is 0 Å². The summed E-state index contributed by atoms with van der Waals surface area (Å²) in [5.41, 5.74) is 7.94. The molecule has 0 saturated carbocycles. The number of amides is 3. The zero-order valence-corrected chi connectivity index (χ0v) is 26.5. The van der Waals surface area contributed by atoms with Crippen LogP contribution in [0.4, 0.5) is 4.39 Å². The number of benzene rings is 3. The molecule has 3 atom stereocenters. The van der Waals surface area contributed by atoms with Gasteiger partial charge in [-0.1, -0.05) is 60.2 Å². The molecule has 3 aromatic carbocycles. The Kier molecular flexibility index (Phi) is 11.8. The lowest BCUT2D eigenvalue weighted by atomic mass is 9.96. The first-order valence-corrected chi connectivity index (χ1v) is 14.8. The number of aliphatic hydroxyl groups excluding tert-OH is 1. The Bertz CT molecular complexity index is 1480. The summed E-state index contributed by atoms with van der Waals surface area (Å²) in [7, 11) is 3.11. The van der Waals surface area contributed by atoms with Gasteiger partial charge in [-0.2, -0.15) is 0 Å². The van der Waals surface area contributed by atoms with Crippen LogP contribution < -0.4 is 11.1 Å². The molecule has 0 unspecified atom stereocenters. The molecule has 0 aliphatic rings. The summed E-state index contributed by atoms with van der Waals surface area (Å²) < 4.78 is 13.6. The van der Waals surface area contributed by atoms with Crippen LogP contribution in [-0.4, -0.2) is 77.0 Å². The van der Waals surface area contributed by atoms with Crippen LogP contribution in [0.2, 0.25) is 0 Å². The maximum atomic E-state index is 14.3. The molecule has 0 aliphatic heterocycles. The van der Waals surface area contributed by atoms with Crippen molar-refractivity contribution in [2.24, 2.45) is 5.73 Å². The lowest BCUT2D eigenvalue weighted by Crippen LogP contribution is -2.56. The summed E-state index contributed by atoms with van der Waals surface area (Å²) in [6.07, 6.45) is 1.53. The third kappa shape index (κ3) is 9.99. The predicted molar refractivity (Wildman–Crippen MR) is 172 cm³/mol. The van der Waals surface area contributed by atoms with Gasteiger partial charge in [0.05, 0.1) is 6.10 Å². The summed E-state index contributed by atoms with van der Waals surface area (Å²) in [6.45, 7) is 7.14. The van der Waals surface area contributed by atoms with Gasteiger partial charge in [0.15, 0.2) is 0 Å². The smallest absolute Gasteiger partial charge is 0.246 e. The lowest BCUT2D eigenvalue weighted by molar-refractivity contribution is -0.146. The van der Waals surface area contributed by atoms with E-state index in [1.54, 1.807) is 26.1 Å². The Morgan fingerprint density at radius 1 is 0.932 bits per heavy atom. The summed E-state index contributed by atoms with van der Waals surface area (Å²) >= 11 is 0. The molecule has 4 N–H and O–H groups in total. The van der Waals surface area contributed by atoms with Crippen molar-refractivity contribution in [2.75, 3.05) is 20.6 Å². The van der Waals surface area contributed by atoms with Crippen molar-refractivity contribution in [2.45, 2.75) is 70.7 Å². The highest BCUT2D eigenvalue weighted by Crippen LogP contribution is 2.21. The number of nitrogens with one attached hydrogen (secondary N) is 1. The average molecular weight is 605 g/mol. The fraction of sp³-hybridized carbons (Fsp3) is 0.400. The molecule has 0 aromatic heterocycles. The Balaban J connectivity index is 1.99. The van der Waals surface area contributed by atoms with Gasteiger partial charge in [0, 0.05) is 45.1 Å². The molecular formula is C35H45FN4O4. The van der Waals surface area contributed by atoms with Crippen LogP contribution in [0.1, 0.15) is 45.2 Å². The van der Waals surface area contributed by atoms with E-state index in [4.69, 9.17) is 5.73 Å². The van der Waals surface area contributed by atoms with Crippen LogP contribution in [0.3, 0.4) is 0 Å². The molecule has 236 valence electrons. The lowest BCUT2D eigenvalue weighted by Gasteiger charge is -2.34. The summed E-state index contributed by atoms with van der Waals surface area (Å²) in [5.74, 6) is -1.66. The van der Waals surface area contributed by atoms with Crippen LogP contribution in [0.15, 0.2) is 78.4 Å². The van der Waals surface area contributed by atoms with Crippen LogP contribution in [0.25, 0.3) is 10.8 Å². The van der Waals surface area contributed by atoms with Gasteiger partial charge in [-0.15, -0.1) is 0 Å². The van der Waals surface area contributed by atoms with E-state index in [-0.39, 0.29) is 25.3 Å². The second-order valence-electron chi connectivity index (χ2n) is 12.4. The molecule has 0 aliphatic carbocycles. The van der Waals surface area contributed by atoms with Gasteiger partial charge in [-0.3, -0.25) is 14.4 Å². The minimum absolute atomic E-state index is 0.00124. The first-order valence-electron chi connectivity index (χ1n) is 14.8. The zero-order valence-electron chi connectivity index (χ0n) is 26.5. The second kappa shape index (κ2) is 15.1. The van der Waals surface area contributed by atoms with E-state index >= 15 is 0 Å². The zero-order chi connectivity index (χ0) is 32.6. The van der Waals surface area contributed by atoms with E-state index in [1.807, 2.05) is 63.2 Å². The van der Waals surface area contributed by atoms with Gasteiger partial charge in [-0.25, -0.2) is 4.39 Å². The average Bonchev–Trinajstić information content (AvgIpc) is 2.96. The van der Waals surface area contributed by atoms with E-state index in [2.05, 4.69) is 5.32 Å². The van der Waals surface area contributed by atoms with Crippen molar-refractivity contribution < 1.29 is 23.9 Å². The van der Waals surface area contributed by atoms with Crippen molar-refractivity contribution in [3.05, 3.63) is 95.3 Å². The van der Waals surface area contributed by atoms with Gasteiger partial charge in [0.2, 0.25) is 17.7 Å². The van der Waals surface area contributed by atoms with Crippen molar-refractivity contribution in [1.29, 1.82) is 0 Å². The van der Waals surface area contributed by atoms with Crippen LogP contribution in [-0.2, 0) is 27.2 Å². The molecular weight excluding hydrogens is 559 g/mol. The van der Waals surface area contributed by atoms with E-state index in [0.29, 0.717) is 12.0 Å². The number of hydrogen-bond acceptors (Lipinski definition) is 5. The number of likely N-dealkylation sites (N-methyl/N-ethyl adjacent to an activating group) is 2. The molecule has 0 bridgehead atoms. The molecule has 0 heterocycles. The standard InChI is InChI=1S/C35H45FN4O4/c1-23(21-35(3,4)37)17-32(42)39(5)31(20-26-11-14-27-9-7-8-10-28(27)18-26)34(44)40(6)30(33(43)38-22-24(2)41)19-25-12-15-29(36)16-13-25/h7-18,24,30-31,41H,19-22,37H2,1-6H3,(H,38,43)/b23-17+/t24-,30-,31-/m1/s1. The Labute approximate surface area is 259 Å². The van der Waals surface area contributed by atoms with Gasteiger partial charge >= 0.3 is 0 Å². The van der Waals surface area contributed by atoms with Crippen LogP contribution >= 0.6 is 0 Å². The number of nitrogens with two attached hydrogens (primary N) is 1. The number of halogens is 1. The van der Waals surface area contributed by atoms with Crippen molar-refractivity contribution in [3.8, 4) is 0 Å². The molecule has 0 radical (unpaired) electrons. The van der Waals surface area contributed by atoms with E-state index < -0.39 is 41.4 Å². The third-order valence-electron chi connectivity index (χ3n) is 7.48. The molecule has 3 amide bonds. The number of fused-ring (bicyclic) bond motifs is 1. The molecule has 0 saturated heterocycles. The van der Waals surface area contributed by atoms with E-state index in [9.17, 15) is 23.9 Å². The van der Waals surface area contributed by atoms with Gasteiger partial charge in [-0.05, 0) is 68.1 Å². The molecule has 44 heavy (non-hydrogen) atoms. The normalized spacial score (nSPS) is 14.1. The monoisotopic (exact) mass is 604 g/mol. The maximum Gasteiger partial charge on any atom is 0.246 e. The van der Waals surface area contributed by atoms with Crippen molar-refractivity contribution in [3.63, 3.8) is 0 Å².